The van der Waals surface area contributed by atoms with E-state index in [9.17, 15) is 4.79 Å². The van der Waals surface area contributed by atoms with Crippen molar-refractivity contribution in [1.82, 2.24) is 9.78 Å². The number of ketones is 1. The second-order valence-corrected chi connectivity index (χ2v) is 6.92. The van der Waals surface area contributed by atoms with Crippen LogP contribution in [0.4, 0.5) is 0 Å². The third-order valence-electron chi connectivity index (χ3n) is 4.49. The molecule has 1 aromatic heterocycles. The molecule has 2 heterocycles. The molecular weight excluding hydrogens is 392 g/mol. The van der Waals surface area contributed by atoms with Crippen LogP contribution in [0, 0.1) is 0 Å². The van der Waals surface area contributed by atoms with Crippen molar-refractivity contribution in [1.29, 1.82) is 0 Å². The number of fused-ring (bicyclic) bond motifs is 1. The number of aromatic nitrogens is 2. The minimum Gasteiger partial charge on any atom is -0.496 e. The van der Waals surface area contributed by atoms with Crippen LogP contribution < -0.4 is 14.2 Å². The van der Waals surface area contributed by atoms with Crippen LogP contribution in [0.1, 0.15) is 21.5 Å². The minimum atomic E-state index is -0.113. The van der Waals surface area contributed by atoms with E-state index in [0.29, 0.717) is 41.8 Å². The van der Waals surface area contributed by atoms with Gasteiger partial charge in [0.1, 0.15) is 19.0 Å². The zero-order valence-electron chi connectivity index (χ0n) is 15.8. The van der Waals surface area contributed by atoms with Crippen molar-refractivity contribution in [3.05, 3.63) is 76.6 Å². The Hall–Kier alpha value is -3.25. The number of carbonyl (C=O) groups excluding carboxylic acids is 1. The molecule has 0 saturated heterocycles. The molecule has 148 valence electrons. The van der Waals surface area contributed by atoms with Gasteiger partial charge in [-0.2, -0.15) is 5.10 Å². The molecule has 2 aromatic carbocycles. The van der Waals surface area contributed by atoms with Gasteiger partial charge in [-0.1, -0.05) is 23.7 Å². The number of hydrogen-bond acceptors (Lipinski definition) is 5. The molecule has 0 atom stereocenters. The van der Waals surface area contributed by atoms with Gasteiger partial charge in [-0.05, 0) is 42.0 Å². The van der Waals surface area contributed by atoms with Gasteiger partial charge >= 0.3 is 0 Å². The third kappa shape index (κ3) is 4.43. The lowest BCUT2D eigenvalue weighted by Crippen LogP contribution is -2.15. The minimum absolute atomic E-state index is 0.113. The monoisotopic (exact) mass is 410 g/mol. The van der Waals surface area contributed by atoms with Crippen LogP contribution in [-0.4, -0.2) is 35.9 Å². The maximum Gasteiger partial charge on any atom is 0.185 e. The molecule has 3 aromatic rings. The number of methoxy groups -OCH3 is 1. The lowest BCUT2D eigenvalue weighted by atomic mass is 10.1. The van der Waals surface area contributed by atoms with E-state index in [1.165, 1.54) is 0 Å². The summed E-state index contributed by atoms with van der Waals surface area (Å²) in [6.45, 7) is 1.51. The third-order valence-corrected chi connectivity index (χ3v) is 4.69. The predicted molar refractivity (Wildman–Crippen MR) is 110 cm³/mol. The molecule has 0 bridgehead atoms. The van der Waals surface area contributed by atoms with Gasteiger partial charge in [0.25, 0.3) is 0 Å². The molecule has 0 fully saturated rings. The number of allylic oxidation sites excluding steroid dienone is 1. The fourth-order valence-corrected chi connectivity index (χ4v) is 3.25. The highest BCUT2D eigenvalue weighted by atomic mass is 35.5. The van der Waals surface area contributed by atoms with E-state index < -0.39 is 0 Å². The van der Waals surface area contributed by atoms with E-state index in [1.54, 1.807) is 54.5 Å². The van der Waals surface area contributed by atoms with E-state index in [0.717, 1.165) is 16.9 Å². The summed E-state index contributed by atoms with van der Waals surface area (Å²) >= 11 is 5.94. The van der Waals surface area contributed by atoms with E-state index in [4.69, 9.17) is 25.8 Å². The van der Waals surface area contributed by atoms with Gasteiger partial charge in [-0.3, -0.25) is 9.48 Å². The number of halogens is 1. The van der Waals surface area contributed by atoms with Crippen LogP contribution in [0.3, 0.4) is 0 Å². The molecule has 29 heavy (non-hydrogen) atoms. The van der Waals surface area contributed by atoms with Crippen LogP contribution in [0.25, 0.3) is 6.08 Å². The second kappa shape index (κ2) is 8.41. The van der Waals surface area contributed by atoms with Crippen molar-refractivity contribution >= 4 is 23.5 Å². The van der Waals surface area contributed by atoms with Gasteiger partial charge in [0.2, 0.25) is 0 Å². The normalized spacial score (nSPS) is 12.9. The van der Waals surface area contributed by atoms with Gasteiger partial charge in [0, 0.05) is 17.3 Å². The van der Waals surface area contributed by atoms with Crippen LogP contribution in [-0.2, 0) is 6.54 Å². The van der Waals surface area contributed by atoms with Crippen molar-refractivity contribution in [2.24, 2.45) is 0 Å². The van der Waals surface area contributed by atoms with Crippen molar-refractivity contribution < 1.29 is 19.0 Å². The zero-order chi connectivity index (χ0) is 20.2. The molecule has 0 aliphatic carbocycles. The summed E-state index contributed by atoms with van der Waals surface area (Å²) in [5, 5.41) is 4.77. The highest BCUT2D eigenvalue weighted by molar-refractivity contribution is 6.30. The standard InChI is InChI=1S/C22H19ClN2O4/c1-27-20-6-3-15(10-17(20)13-25-14-18(23)12-24-25)2-5-19(26)16-4-7-21-22(11-16)29-9-8-28-21/h2-7,10-12,14H,8-9,13H2,1H3/b5-2+. The SMILES string of the molecule is COc1ccc(/C=C/C(=O)c2ccc3c(c2)OCCO3)cc1Cn1cc(Cl)cn1. The fourth-order valence-electron chi connectivity index (χ4n) is 3.09. The Morgan fingerprint density at radius 1 is 1.21 bits per heavy atom. The van der Waals surface area contributed by atoms with Crippen LogP contribution in [0.2, 0.25) is 5.02 Å². The molecule has 0 spiro atoms. The van der Waals surface area contributed by atoms with Gasteiger partial charge in [0.05, 0.1) is 24.9 Å². The second-order valence-electron chi connectivity index (χ2n) is 6.48. The first-order valence-corrected chi connectivity index (χ1v) is 9.47. The van der Waals surface area contributed by atoms with E-state index in [1.807, 2.05) is 18.2 Å². The number of hydrogen-bond donors (Lipinski definition) is 0. The van der Waals surface area contributed by atoms with Crippen molar-refractivity contribution in [3.63, 3.8) is 0 Å². The largest absolute Gasteiger partial charge is 0.496 e. The van der Waals surface area contributed by atoms with Crippen molar-refractivity contribution in [2.75, 3.05) is 20.3 Å². The average Bonchev–Trinajstić information content (AvgIpc) is 3.16. The Bertz CT molecular complexity index is 1070. The quantitative estimate of drug-likeness (QED) is 0.449. The zero-order valence-corrected chi connectivity index (χ0v) is 16.6. The summed E-state index contributed by atoms with van der Waals surface area (Å²) in [5.74, 6) is 1.89. The molecule has 0 saturated carbocycles. The van der Waals surface area contributed by atoms with Gasteiger partial charge in [-0.15, -0.1) is 0 Å². The summed E-state index contributed by atoms with van der Waals surface area (Å²) in [6.07, 6.45) is 6.65. The number of nitrogens with zero attached hydrogens (tertiary/aromatic N) is 2. The predicted octanol–water partition coefficient (Wildman–Crippen LogP) is 4.26. The molecule has 0 N–H and O–H groups in total. The van der Waals surface area contributed by atoms with Crippen LogP contribution in [0.5, 0.6) is 17.2 Å². The molecule has 0 radical (unpaired) electrons. The van der Waals surface area contributed by atoms with Crippen LogP contribution in [0.15, 0.2) is 54.9 Å². The lowest BCUT2D eigenvalue weighted by Gasteiger charge is -2.18. The molecule has 1 aliphatic heterocycles. The summed E-state index contributed by atoms with van der Waals surface area (Å²) in [4.78, 5) is 12.6. The first-order chi connectivity index (χ1) is 14.1. The molecule has 0 unspecified atom stereocenters. The van der Waals surface area contributed by atoms with E-state index in [-0.39, 0.29) is 5.78 Å². The highest BCUT2D eigenvalue weighted by Crippen LogP contribution is 2.31. The van der Waals surface area contributed by atoms with Crippen molar-refractivity contribution in [3.8, 4) is 17.2 Å². The molecule has 0 amide bonds. The van der Waals surface area contributed by atoms with Gasteiger partial charge < -0.3 is 14.2 Å². The van der Waals surface area contributed by atoms with Gasteiger partial charge in [0.15, 0.2) is 17.3 Å². The first kappa shape index (κ1) is 19.1. The van der Waals surface area contributed by atoms with Gasteiger partial charge in [-0.25, -0.2) is 0 Å². The molecular formula is C22H19ClN2O4. The molecule has 6 nitrogen and oxygen atoms in total. The first-order valence-electron chi connectivity index (χ1n) is 9.09. The number of rotatable bonds is 6. The Kier molecular flexibility index (Phi) is 5.53. The lowest BCUT2D eigenvalue weighted by molar-refractivity contribution is 0.104. The Labute approximate surface area is 173 Å². The number of ether oxygens (including phenoxy) is 3. The molecule has 7 heteroatoms. The highest BCUT2D eigenvalue weighted by Gasteiger charge is 2.14. The topological polar surface area (TPSA) is 62.6 Å². The summed E-state index contributed by atoms with van der Waals surface area (Å²) in [7, 11) is 1.62. The molecule has 1 aliphatic rings. The maximum absolute atomic E-state index is 12.6. The summed E-state index contributed by atoms with van der Waals surface area (Å²) in [6, 6.07) is 10.9. The van der Waals surface area contributed by atoms with E-state index in [2.05, 4.69) is 5.10 Å². The Morgan fingerprint density at radius 3 is 2.79 bits per heavy atom. The number of carbonyl (C=O) groups is 1. The summed E-state index contributed by atoms with van der Waals surface area (Å²) < 4.78 is 18.2. The van der Waals surface area contributed by atoms with Crippen LogP contribution >= 0.6 is 11.6 Å². The fraction of sp³-hybridized carbons (Fsp3) is 0.182. The number of benzene rings is 2. The Balaban J connectivity index is 1.53. The Morgan fingerprint density at radius 2 is 2.03 bits per heavy atom. The molecule has 4 rings (SSSR count). The van der Waals surface area contributed by atoms with Crippen molar-refractivity contribution in [2.45, 2.75) is 6.54 Å². The smallest absolute Gasteiger partial charge is 0.185 e. The van der Waals surface area contributed by atoms with E-state index >= 15 is 0 Å². The maximum atomic E-state index is 12.6. The summed E-state index contributed by atoms with van der Waals surface area (Å²) in [5.41, 5.74) is 2.36. The average molecular weight is 411 g/mol.